The van der Waals surface area contributed by atoms with Gasteiger partial charge in [0.25, 0.3) is 5.91 Å². The lowest BCUT2D eigenvalue weighted by molar-refractivity contribution is -0.142. The van der Waals surface area contributed by atoms with E-state index < -0.39 is 23.9 Å². The minimum atomic E-state index is -4.55. The molecule has 0 aromatic heterocycles. The zero-order chi connectivity index (χ0) is 19.3. The Labute approximate surface area is 149 Å². The molecule has 3 N–H and O–H groups in total. The molecule has 3 atom stereocenters. The lowest BCUT2D eigenvalue weighted by Gasteiger charge is -2.24. The summed E-state index contributed by atoms with van der Waals surface area (Å²) in [7, 11) is 1.49. The molecule has 1 saturated heterocycles. The van der Waals surface area contributed by atoms with Gasteiger partial charge in [-0.3, -0.25) is 4.79 Å². The van der Waals surface area contributed by atoms with Crippen LogP contribution in [0.5, 0.6) is 5.75 Å². The van der Waals surface area contributed by atoms with Gasteiger partial charge in [0.15, 0.2) is 0 Å². The molecule has 0 radical (unpaired) electrons. The van der Waals surface area contributed by atoms with Crippen LogP contribution >= 0.6 is 0 Å². The molecule has 1 unspecified atom stereocenters. The first-order valence-corrected chi connectivity index (χ1v) is 8.30. The number of nitrogens with two attached hydrogens (primary N) is 1. The van der Waals surface area contributed by atoms with Gasteiger partial charge in [-0.2, -0.15) is 13.2 Å². The van der Waals surface area contributed by atoms with Crippen LogP contribution in [-0.2, 0) is 15.7 Å². The number of ether oxygens (including phenoxy) is 2. The summed E-state index contributed by atoms with van der Waals surface area (Å²) < 4.78 is 49.3. The largest absolute Gasteiger partial charge is 0.490 e. The number of benzene rings is 1. The SMILES string of the molecule is CN(CC(O)COc1ccccc1C(F)(F)F)C(=O)[C@@H]1CC[C@H](CN)O1. The van der Waals surface area contributed by atoms with Crippen molar-refractivity contribution >= 4 is 5.91 Å². The molecule has 1 aromatic carbocycles. The van der Waals surface area contributed by atoms with Crippen LogP contribution in [0.3, 0.4) is 0 Å². The predicted octanol–water partition coefficient (Wildman–Crippen LogP) is 1.41. The number of para-hydroxylation sites is 1. The van der Waals surface area contributed by atoms with E-state index >= 15 is 0 Å². The summed E-state index contributed by atoms with van der Waals surface area (Å²) >= 11 is 0. The summed E-state index contributed by atoms with van der Waals surface area (Å²) in [6.07, 6.45) is -5.20. The predicted molar refractivity (Wildman–Crippen MR) is 87.5 cm³/mol. The lowest BCUT2D eigenvalue weighted by atomic mass is 10.2. The fourth-order valence-electron chi connectivity index (χ4n) is 2.78. The fraction of sp³-hybridized carbons (Fsp3) is 0.588. The van der Waals surface area contributed by atoms with Crippen molar-refractivity contribution in [3.05, 3.63) is 29.8 Å². The third-order valence-corrected chi connectivity index (χ3v) is 4.13. The summed E-state index contributed by atoms with van der Waals surface area (Å²) in [5, 5.41) is 10.0. The number of aliphatic hydroxyl groups is 1. The van der Waals surface area contributed by atoms with E-state index in [-0.39, 0.29) is 30.9 Å². The molecule has 9 heteroatoms. The van der Waals surface area contributed by atoms with Crippen molar-refractivity contribution in [1.29, 1.82) is 0 Å². The third kappa shape index (κ3) is 5.33. The Morgan fingerprint density at radius 3 is 2.73 bits per heavy atom. The van der Waals surface area contributed by atoms with E-state index in [1.807, 2.05) is 0 Å². The van der Waals surface area contributed by atoms with Crippen LogP contribution in [0.25, 0.3) is 0 Å². The van der Waals surface area contributed by atoms with Crippen LogP contribution < -0.4 is 10.5 Å². The number of hydrogen-bond donors (Lipinski definition) is 2. The molecule has 1 heterocycles. The molecule has 0 aliphatic carbocycles. The fourth-order valence-corrected chi connectivity index (χ4v) is 2.78. The van der Waals surface area contributed by atoms with Gasteiger partial charge in [0, 0.05) is 20.1 Å². The van der Waals surface area contributed by atoms with Gasteiger partial charge in [-0.1, -0.05) is 12.1 Å². The number of aliphatic hydroxyl groups excluding tert-OH is 1. The Morgan fingerprint density at radius 1 is 1.42 bits per heavy atom. The van der Waals surface area contributed by atoms with Crippen LogP contribution in [0.4, 0.5) is 13.2 Å². The van der Waals surface area contributed by atoms with E-state index in [1.165, 1.54) is 30.1 Å². The first-order chi connectivity index (χ1) is 12.2. The molecule has 0 saturated carbocycles. The molecule has 1 amide bonds. The number of carbonyl (C=O) groups excluding carboxylic acids is 1. The molecule has 1 aromatic rings. The molecule has 26 heavy (non-hydrogen) atoms. The second-order valence-corrected chi connectivity index (χ2v) is 6.24. The van der Waals surface area contributed by atoms with Gasteiger partial charge < -0.3 is 25.2 Å². The molecule has 0 bridgehead atoms. The molecule has 2 rings (SSSR count). The van der Waals surface area contributed by atoms with Gasteiger partial charge in [0.2, 0.25) is 0 Å². The Kier molecular flexibility index (Phi) is 6.85. The van der Waals surface area contributed by atoms with Crippen LogP contribution in [0, 0.1) is 0 Å². The van der Waals surface area contributed by atoms with Gasteiger partial charge in [-0.15, -0.1) is 0 Å². The monoisotopic (exact) mass is 376 g/mol. The summed E-state index contributed by atoms with van der Waals surface area (Å²) in [6, 6.07) is 4.76. The molecular formula is C17H23F3N2O4. The highest BCUT2D eigenvalue weighted by atomic mass is 19.4. The number of hydrogen-bond acceptors (Lipinski definition) is 5. The summed E-state index contributed by atoms with van der Waals surface area (Å²) in [6.45, 7) is -0.121. The number of likely N-dealkylation sites (N-methyl/N-ethyl adjacent to an activating group) is 1. The van der Waals surface area contributed by atoms with Gasteiger partial charge in [0.05, 0.1) is 11.7 Å². The zero-order valence-electron chi connectivity index (χ0n) is 14.4. The number of halogens is 3. The highest BCUT2D eigenvalue weighted by Gasteiger charge is 2.34. The van der Waals surface area contributed by atoms with Crippen LogP contribution in [0.15, 0.2) is 24.3 Å². The smallest absolute Gasteiger partial charge is 0.419 e. The quantitative estimate of drug-likeness (QED) is 0.752. The number of amides is 1. The second-order valence-electron chi connectivity index (χ2n) is 6.24. The molecule has 146 valence electrons. The number of rotatable bonds is 7. The van der Waals surface area contributed by atoms with Crippen LogP contribution in [-0.4, -0.2) is 61.0 Å². The highest BCUT2D eigenvalue weighted by Crippen LogP contribution is 2.35. The van der Waals surface area contributed by atoms with E-state index in [1.54, 1.807) is 0 Å². The topological polar surface area (TPSA) is 85.0 Å². The van der Waals surface area contributed by atoms with Crippen molar-refractivity contribution in [1.82, 2.24) is 4.90 Å². The van der Waals surface area contributed by atoms with Crippen molar-refractivity contribution in [2.24, 2.45) is 5.73 Å². The number of carbonyl (C=O) groups is 1. The summed E-state index contributed by atoms with van der Waals surface area (Å²) in [5.74, 6) is -0.659. The minimum Gasteiger partial charge on any atom is -0.490 e. The number of alkyl halides is 3. The summed E-state index contributed by atoms with van der Waals surface area (Å²) in [5.41, 5.74) is 4.59. The lowest BCUT2D eigenvalue weighted by Crippen LogP contribution is -2.42. The van der Waals surface area contributed by atoms with Crippen LogP contribution in [0.2, 0.25) is 0 Å². The third-order valence-electron chi connectivity index (χ3n) is 4.13. The number of nitrogens with zero attached hydrogens (tertiary/aromatic N) is 1. The van der Waals surface area contributed by atoms with Crippen molar-refractivity contribution in [3.63, 3.8) is 0 Å². The van der Waals surface area contributed by atoms with Crippen molar-refractivity contribution in [3.8, 4) is 5.75 Å². The van der Waals surface area contributed by atoms with Crippen LogP contribution in [0.1, 0.15) is 18.4 Å². The van der Waals surface area contributed by atoms with Gasteiger partial charge in [0.1, 0.15) is 24.6 Å². The first-order valence-electron chi connectivity index (χ1n) is 8.30. The Bertz CT molecular complexity index is 612. The normalized spacial score (nSPS) is 21.5. The van der Waals surface area contributed by atoms with E-state index in [0.717, 1.165) is 6.07 Å². The molecular weight excluding hydrogens is 353 g/mol. The Hall–Kier alpha value is -1.84. The van der Waals surface area contributed by atoms with Crippen molar-refractivity contribution in [2.45, 2.75) is 37.3 Å². The average Bonchev–Trinajstić information content (AvgIpc) is 3.07. The van der Waals surface area contributed by atoms with E-state index in [0.29, 0.717) is 19.4 Å². The second kappa shape index (κ2) is 8.70. The summed E-state index contributed by atoms with van der Waals surface area (Å²) in [4.78, 5) is 13.5. The van der Waals surface area contributed by atoms with Gasteiger partial charge >= 0.3 is 6.18 Å². The minimum absolute atomic E-state index is 0.0832. The first kappa shape index (κ1) is 20.5. The maximum Gasteiger partial charge on any atom is 0.419 e. The molecule has 1 aliphatic heterocycles. The van der Waals surface area contributed by atoms with Crippen molar-refractivity contribution in [2.75, 3.05) is 26.7 Å². The molecule has 6 nitrogen and oxygen atoms in total. The zero-order valence-corrected chi connectivity index (χ0v) is 14.4. The van der Waals surface area contributed by atoms with E-state index in [2.05, 4.69) is 0 Å². The molecule has 1 fully saturated rings. The van der Waals surface area contributed by atoms with E-state index in [9.17, 15) is 23.1 Å². The van der Waals surface area contributed by atoms with E-state index in [4.69, 9.17) is 15.2 Å². The highest BCUT2D eigenvalue weighted by molar-refractivity contribution is 5.81. The standard InChI is InChI=1S/C17H23F3N2O4/c1-22(16(24)15-7-6-12(8-21)26-15)9-11(23)10-25-14-5-3-2-4-13(14)17(18,19)20/h2-5,11-12,15,23H,6-10,21H2,1H3/t11?,12-,15+/m1/s1. The van der Waals surface area contributed by atoms with Gasteiger partial charge in [-0.25, -0.2) is 0 Å². The van der Waals surface area contributed by atoms with Crippen molar-refractivity contribution < 1.29 is 32.5 Å². The molecule has 0 spiro atoms. The Balaban J connectivity index is 1.85. The average molecular weight is 376 g/mol. The van der Waals surface area contributed by atoms with Gasteiger partial charge in [-0.05, 0) is 25.0 Å². The maximum absolute atomic E-state index is 12.9. The maximum atomic E-state index is 12.9. The molecule has 1 aliphatic rings. The Morgan fingerprint density at radius 2 is 2.12 bits per heavy atom.